The van der Waals surface area contributed by atoms with Crippen LogP contribution >= 0.6 is 0 Å². The van der Waals surface area contributed by atoms with Gasteiger partial charge >= 0.3 is 0 Å². The summed E-state index contributed by atoms with van der Waals surface area (Å²) in [6, 6.07) is 13.1. The SMILES string of the molecule is CN(C)C(=O)C1CC(=O)c2c([nH]c(-c3ccnc(NC(=O)C4CC4(F)F)c3)c2Cc2ccccc2)C1. The standard InChI is InChI=1S/C27H26F2N4O3/c1-33(2)26(36)17-11-20-23(21(34)12-17)18(10-15-6-4-3-5-7-15)24(31-20)16-8-9-30-22(13-16)32-25(35)19-14-27(19,28)29/h3-9,13,17,19,31H,10-12,14H2,1-2H3,(H,30,32,35). The lowest BCUT2D eigenvalue weighted by Gasteiger charge is -2.24. The molecule has 2 heterocycles. The number of ketones is 1. The van der Waals surface area contributed by atoms with Crippen LogP contribution in [0.25, 0.3) is 11.3 Å². The molecule has 1 fully saturated rings. The van der Waals surface area contributed by atoms with Gasteiger partial charge < -0.3 is 15.2 Å². The Balaban J connectivity index is 1.53. The van der Waals surface area contributed by atoms with E-state index in [4.69, 9.17) is 0 Å². The number of alkyl halides is 2. The van der Waals surface area contributed by atoms with Gasteiger partial charge in [0.25, 0.3) is 5.92 Å². The second kappa shape index (κ2) is 8.96. The summed E-state index contributed by atoms with van der Waals surface area (Å²) in [6.45, 7) is 0. The Morgan fingerprint density at radius 1 is 1.17 bits per heavy atom. The van der Waals surface area contributed by atoms with Gasteiger partial charge in [0, 0.05) is 62.8 Å². The van der Waals surface area contributed by atoms with Gasteiger partial charge in [0.2, 0.25) is 11.8 Å². The van der Waals surface area contributed by atoms with Crippen LogP contribution in [0.1, 0.15) is 40.0 Å². The normalized spacial score (nSPS) is 19.9. The number of halogens is 2. The summed E-state index contributed by atoms with van der Waals surface area (Å²) in [4.78, 5) is 47.1. The van der Waals surface area contributed by atoms with Gasteiger partial charge in [-0.1, -0.05) is 30.3 Å². The van der Waals surface area contributed by atoms with Crippen molar-refractivity contribution in [3.63, 3.8) is 0 Å². The van der Waals surface area contributed by atoms with Crippen molar-refractivity contribution in [3.8, 4) is 11.3 Å². The van der Waals surface area contributed by atoms with Crippen LogP contribution in [-0.4, -0.2) is 52.5 Å². The highest BCUT2D eigenvalue weighted by atomic mass is 19.3. The lowest BCUT2D eigenvalue weighted by Crippen LogP contribution is -2.35. The molecule has 2 aromatic heterocycles. The number of carbonyl (C=O) groups is 3. The van der Waals surface area contributed by atoms with Gasteiger partial charge in [-0.2, -0.15) is 0 Å². The van der Waals surface area contributed by atoms with Crippen molar-refractivity contribution < 1.29 is 23.2 Å². The monoisotopic (exact) mass is 492 g/mol. The topological polar surface area (TPSA) is 95.2 Å². The molecule has 5 rings (SSSR count). The number of carbonyl (C=O) groups excluding carboxylic acids is 3. The average Bonchev–Trinajstić information content (AvgIpc) is 3.34. The maximum Gasteiger partial charge on any atom is 0.260 e. The van der Waals surface area contributed by atoms with Crippen molar-refractivity contribution in [1.29, 1.82) is 0 Å². The molecular formula is C27H26F2N4O3. The number of anilines is 1. The van der Waals surface area contributed by atoms with Gasteiger partial charge in [0.1, 0.15) is 11.7 Å². The molecule has 0 radical (unpaired) electrons. The summed E-state index contributed by atoms with van der Waals surface area (Å²) >= 11 is 0. The summed E-state index contributed by atoms with van der Waals surface area (Å²) < 4.78 is 26.6. The number of nitrogens with one attached hydrogen (secondary N) is 2. The average molecular weight is 493 g/mol. The number of Topliss-reactive ketones (excluding diaryl/α,β-unsaturated/α-hetero) is 1. The molecule has 9 heteroatoms. The third-order valence-electron chi connectivity index (χ3n) is 6.80. The van der Waals surface area contributed by atoms with Crippen LogP contribution in [0.2, 0.25) is 0 Å². The van der Waals surface area contributed by atoms with Crippen LogP contribution in [-0.2, 0) is 22.4 Å². The molecule has 2 unspecified atom stereocenters. The first kappa shape index (κ1) is 23.8. The zero-order chi connectivity index (χ0) is 25.6. The predicted octanol–water partition coefficient (Wildman–Crippen LogP) is 4.09. The zero-order valence-corrected chi connectivity index (χ0v) is 20.0. The summed E-state index contributed by atoms with van der Waals surface area (Å²) in [5.74, 6) is -5.54. The Labute approximate surface area is 206 Å². The van der Waals surface area contributed by atoms with E-state index in [0.717, 1.165) is 11.1 Å². The molecule has 3 aromatic rings. The first-order valence-corrected chi connectivity index (χ1v) is 11.8. The lowest BCUT2D eigenvalue weighted by molar-refractivity contribution is -0.133. The number of pyridine rings is 1. The molecule has 1 saturated carbocycles. The summed E-state index contributed by atoms with van der Waals surface area (Å²) in [5.41, 5.74) is 4.45. The lowest BCUT2D eigenvalue weighted by atomic mass is 9.83. The molecule has 0 bridgehead atoms. The van der Waals surface area contributed by atoms with E-state index in [1.807, 2.05) is 30.3 Å². The quantitative estimate of drug-likeness (QED) is 0.542. The number of aromatic nitrogens is 2. The fraction of sp³-hybridized carbons (Fsp3) is 0.333. The molecule has 2 aliphatic carbocycles. The molecule has 0 saturated heterocycles. The van der Waals surface area contributed by atoms with E-state index < -0.39 is 30.1 Å². The molecule has 186 valence electrons. The second-order valence-corrected chi connectivity index (χ2v) is 9.69. The summed E-state index contributed by atoms with van der Waals surface area (Å²) in [7, 11) is 3.35. The van der Waals surface area contributed by atoms with Crippen molar-refractivity contribution in [1.82, 2.24) is 14.9 Å². The molecule has 2 atom stereocenters. The van der Waals surface area contributed by atoms with E-state index in [2.05, 4.69) is 15.3 Å². The predicted molar refractivity (Wildman–Crippen MR) is 130 cm³/mol. The molecule has 36 heavy (non-hydrogen) atoms. The first-order chi connectivity index (χ1) is 17.1. The van der Waals surface area contributed by atoms with Crippen LogP contribution in [0.3, 0.4) is 0 Å². The maximum atomic E-state index is 13.3. The van der Waals surface area contributed by atoms with Crippen LogP contribution < -0.4 is 5.32 Å². The van der Waals surface area contributed by atoms with Crippen LogP contribution in [0, 0.1) is 11.8 Å². The zero-order valence-electron chi connectivity index (χ0n) is 20.0. The maximum absolute atomic E-state index is 13.3. The Kier molecular flexibility index (Phi) is 5.94. The van der Waals surface area contributed by atoms with Crippen LogP contribution in [0.5, 0.6) is 0 Å². The number of aromatic amines is 1. The molecule has 2 amide bonds. The summed E-state index contributed by atoms with van der Waals surface area (Å²) in [6.07, 6.45) is 2.06. The number of hydrogen-bond donors (Lipinski definition) is 2. The van der Waals surface area contributed by atoms with E-state index in [1.54, 1.807) is 26.2 Å². The van der Waals surface area contributed by atoms with E-state index >= 15 is 0 Å². The van der Waals surface area contributed by atoms with E-state index in [-0.39, 0.29) is 23.9 Å². The number of H-pyrrole nitrogens is 1. The highest BCUT2D eigenvalue weighted by Crippen LogP contribution is 2.49. The molecule has 2 aliphatic rings. The van der Waals surface area contributed by atoms with Gasteiger partial charge in [-0.15, -0.1) is 0 Å². The minimum absolute atomic E-state index is 0.0940. The molecule has 2 N–H and O–H groups in total. The van der Waals surface area contributed by atoms with Crippen molar-refractivity contribution in [2.45, 2.75) is 31.6 Å². The second-order valence-electron chi connectivity index (χ2n) is 9.69. The Morgan fingerprint density at radius 3 is 2.56 bits per heavy atom. The molecular weight excluding hydrogens is 466 g/mol. The Bertz CT molecular complexity index is 1350. The van der Waals surface area contributed by atoms with E-state index in [0.29, 0.717) is 35.4 Å². The van der Waals surface area contributed by atoms with Gasteiger partial charge in [-0.3, -0.25) is 14.4 Å². The number of rotatable bonds is 6. The van der Waals surface area contributed by atoms with E-state index in [9.17, 15) is 23.2 Å². The largest absolute Gasteiger partial charge is 0.358 e. The number of fused-ring (bicyclic) bond motifs is 1. The van der Waals surface area contributed by atoms with Crippen LogP contribution in [0.4, 0.5) is 14.6 Å². The van der Waals surface area contributed by atoms with Crippen molar-refractivity contribution in [2.24, 2.45) is 11.8 Å². The van der Waals surface area contributed by atoms with Gasteiger partial charge in [-0.05, 0) is 23.3 Å². The van der Waals surface area contributed by atoms with Crippen molar-refractivity contribution >= 4 is 23.4 Å². The van der Waals surface area contributed by atoms with Gasteiger partial charge in [0.15, 0.2) is 5.78 Å². The molecule has 0 spiro atoms. The fourth-order valence-electron chi connectivity index (χ4n) is 4.86. The minimum atomic E-state index is -2.97. The smallest absolute Gasteiger partial charge is 0.260 e. The van der Waals surface area contributed by atoms with Gasteiger partial charge in [0.05, 0.1) is 11.6 Å². The minimum Gasteiger partial charge on any atom is -0.358 e. The highest BCUT2D eigenvalue weighted by Gasteiger charge is 2.61. The fourth-order valence-corrected chi connectivity index (χ4v) is 4.86. The third-order valence-corrected chi connectivity index (χ3v) is 6.80. The number of hydrogen-bond acceptors (Lipinski definition) is 4. The highest BCUT2D eigenvalue weighted by molar-refractivity contribution is 6.04. The van der Waals surface area contributed by atoms with Crippen molar-refractivity contribution in [2.75, 3.05) is 19.4 Å². The number of amides is 2. The van der Waals surface area contributed by atoms with Crippen molar-refractivity contribution in [3.05, 3.63) is 71.0 Å². The molecule has 0 aliphatic heterocycles. The van der Waals surface area contributed by atoms with Crippen LogP contribution in [0.15, 0.2) is 48.7 Å². The number of benzene rings is 1. The Morgan fingerprint density at radius 2 is 1.89 bits per heavy atom. The Hall–Kier alpha value is -3.88. The van der Waals surface area contributed by atoms with Gasteiger partial charge in [-0.25, -0.2) is 13.8 Å². The third kappa shape index (κ3) is 4.53. The first-order valence-electron chi connectivity index (χ1n) is 11.8. The molecule has 7 nitrogen and oxygen atoms in total. The summed E-state index contributed by atoms with van der Waals surface area (Å²) in [5, 5.41) is 2.48. The number of nitrogens with zero attached hydrogens (tertiary/aromatic N) is 2. The van der Waals surface area contributed by atoms with E-state index in [1.165, 1.54) is 11.1 Å². The molecule has 1 aromatic carbocycles.